The molecule has 7 nitrogen and oxygen atoms in total. The van der Waals surface area contributed by atoms with E-state index in [4.69, 9.17) is 11.5 Å². The van der Waals surface area contributed by atoms with Gasteiger partial charge in [-0.1, -0.05) is 18.2 Å². The number of alkyl halides is 3. The molecule has 1 fully saturated rings. The summed E-state index contributed by atoms with van der Waals surface area (Å²) in [6.45, 7) is 1.45. The fourth-order valence-corrected chi connectivity index (χ4v) is 4.17. The van der Waals surface area contributed by atoms with Gasteiger partial charge in [-0.25, -0.2) is 0 Å². The van der Waals surface area contributed by atoms with Crippen LogP contribution >= 0.6 is 0 Å². The highest BCUT2D eigenvalue weighted by Crippen LogP contribution is 2.39. The molecular formula is C24H28F3N5O2. The predicted molar refractivity (Wildman–Crippen MR) is 123 cm³/mol. The van der Waals surface area contributed by atoms with Crippen molar-refractivity contribution in [2.45, 2.75) is 31.5 Å². The van der Waals surface area contributed by atoms with Crippen LogP contribution in [0.15, 0.2) is 47.5 Å². The summed E-state index contributed by atoms with van der Waals surface area (Å²) in [6, 6.07) is 10.8. The Labute approximate surface area is 196 Å². The largest absolute Gasteiger partial charge is 0.416 e. The molecule has 34 heavy (non-hydrogen) atoms. The SMILES string of the molecule is CN(C)Cc1ccc(C(=O)N2CCC(c3ccc(C(=O)N=C(N)N)cc3C(F)(F)F)CC2)cc1. The number of amides is 2. The van der Waals surface area contributed by atoms with Gasteiger partial charge in [-0.2, -0.15) is 18.2 Å². The zero-order valence-corrected chi connectivity index (χ0v) is 19.1. The fraction of sp³-hybridized carbons (Fsp3) is 0.375. The molecule has 0 atom stereocenters. The first-order valence-corrected chi connectivity index (χ1v) is 10.8. The number of carbonyl (C=O) groups excluding carboxylic acids is 2. The van der Waals surface area contributed by atoms with Crippen molar-refractivity contribution in [2.24, 2.45) is 16.5 Å². The number of hydrogen-bond acceptors (Lipinski definition) is 3. The number of aliphatic imine (C=N–C) groups is 1. The maximum atomic E-state index is 13.8. The molecule has 1 heterocycles. The lowest BCUT2D eigenvalue weighted by atomic mass is 9.85. The van der Waals surface area contributed by atoms with Gasteiger partial charge in [0, 0.05) is 30.8 Å². The van der Waals surface area contributed by atoms with Gasteiger partial charge in [-0.05, 0) is 68.2 Å². The Kier molecular flexibility index (Phi) is 7.61. The van der Waals surface area contributed by atoms with Gasteiger partial charge in [0.25, 0.3) is 11.8 Å². The number of carbonyl (C=O) groups is 2. The lowest BCUT2D eigenvalue weighted by molar-refractivity contribution is -0.138. The summed E-state index contributed by atoms with van der Waals surface area (Å²) < 4.78 is 41.3. The van der Waals surface area contributed by atoms with Gasteiger partial charge in [0.05, 0.1) is 5.56 Å². The molecule has 0 spiro atoms. The van der Waals surface area contributed by atoms with Gasteiger partial charge < -0.3 is 21.3 Å². The van der Waals surface area contributed by atoms with Gasteiger partial charge in [0.1, 0.15) is 0 Å². The van der Waals surface area contributed by atoms with Crippen LogP contribution in [-0.2, 0) is 12.7 Å². The van der Waals surface area contributed by atoms with Crippen molar-refractivity contribution in [1.29, 1.82) is 0 Å². The third-order valence-electron chi connectivity index (χ3n) is 5.76. The summed E-state index contributed by atoms with van der Waals surface area (Å²) in [5.74, 6) is -1.99. The second kappa shape index (κ2) is 10.3. The minimum atomic E-state index is -4.65. The molecule has 3 rings (SSSR count). The molecule has 0 saturated carbocycles. The molecule has 1 aliphatic rings. The first-order valence-electron chi connectivity index (χ1n) is 10.8. The van der Waals surface area contributed by atoms with E-state index in [1.165, 1.54) is 12.1 Å². The Morgan fingerprint density at radius 2 is 1.62 bits per heavy atom. The summed E-state index contributed by atoms with van der Waals surface area (Å²) in [6.07, 6.45) is -3.88. The monoisotopic (exact) mass is 475 g/mol. The maximum absolute atomic E-state index is 13.8. The van der Waals surface area contributed by atoms with E-state index < -0.39 is 29.5 Å². The average Bonchev–Trinajstić information content (AvgIpc) is 2.77. The molecule has 0 aromatic heterocycles. The predicted octanol–water partition coefficient (Wildman–Crippen LogP) is 3.20. The Hall–Kier alpha value is -3.40. The van der Waals surface area contributed by atoms with Crippen molar-refractivity contribution in [3.8, 4) is 0 Å². The zero-order valence-electron chi connectivity index (χ0n) is 19.1. The highest BCUT2D eigenvalue weighted by molar-refractivity contribution is 6.02. The standard InChI is InChI=1S/C24H28F3N5O2/c1-31(2)14-15-3-5-17(6-4-15)22(34)32-11-9-16(10-12-32)19-8-7-18(21(33)30-23(28)29)13-20(19)24(25,26)27/h3-8,13,16H,9-12,14H2,1-2H3,(H4,28,29,30,33). The molecule has 2 aromatic carbocycles. The lowest BCUT2D eigenvalue weighted by Gasteiger charge is -2.33. The van der Waals surface area contributed by atoms with E-state index in [1.807, 2.05) is 31.1 Å². The first-order chi connectivity index (χ1) is 16.0. The number of guanidine groups is 1. The van der Waals surface area contributed by atoms with Crippen molar-refractivity contribution in [3.63, 3.8) is 0 Å². The quantitative estimate of drug-likeness (QED) is 0.511. The molecular weight excluding hydrogens is 447 g/mol. The zero-order chi connectivity index (χ0) is 25.0. The summed E-state index contributed by atoms with van der Waals surface area (Å²) in [5, 5.41) is 0. The molecule has 0 unspecified atom stereocenters. The van der Waals surface area contributed by atoms with Crippen LogP contribution in [0.3, 0.4) is 0 Å². The summed E-state index contributed by atoms with van der Waals surface area (Å²) in [5.41, 5.74) is 10.9. The Bertz CT molecular complexity index is 1070. The highest BCUT2D eigenvalue weighted by Gasteiger charge is 2.37. The normalized spacial score (nSPS) is 14.8. The number of benzene rings is 2. The number of hydrogen-bond donors (Lipinski definition) is 2. The van der Waals surface area contributed by atoms with Crippen LogP contribution in [0.5, 0.6) is 0 Å². The van der Waals surface area contributed by atoms with E-state index in [1.54, 1.807) is 17.0 Å². The van der Waals surface area contributed by atoms with Crippen LogP contribution in [0.2, 0.25) is 0 Å². The second-order valence-electron chi connectivity index (χ2n) is 8.64. The molecule has 1 saturated heterocycles. The molecule has 0 aliphatic carbocycles. The number of nitrogens with two attached hydrogens (primary N) is 2. The van der Waals surface area contributed by atoms with Crippen molar-refractivity contribution in [3.05, 3.63) is 70.3 Å². The summed E-state index contributed by atoms with van der Waals surface area (Å²) in [4.78, 5) is 31.9. The molecule has 0 radical (unpaired) electrons. The number of nitrogens with zero attached hydrogens (tertiary/aromatic N) is 3. The van der Waals surface area contributed by atoms with Crippen molar-refractivity contribution in [2.75, 3.05) is 27.2 Å². The molecule has 1 aliphatic heterocycles. The van der Waals surface area contributed by atoms with Gasteiger partial charge in [-0.15, -0.1) is 0 Å². The molecule has 182 valence electrons. The number of rotatable bonds is 5. The van der Waals surface area contributed by atoms with E-state index in [-0.39, 0.29) is 17.0 Å². The van der Waals surface area contributed by atoms with Crippen LogP contribution < -0.4 is 11.5 Å². The van der Waals surface area contributed by atoms with Crippen LogP contribution in [0.25, 0.3) is 0 Å². The molecule has 0 bridgehead atoms. The molecule has 2 aromatic rings. The van der Waals surface area contributed by atoms with E-state index in [2.05, 4.69) is 4.99 Å². The van der Waals surface area contributed by atoms with Gasteiger partial charge in [-0.3, -0.25) is 9.59 Å². The molecule has 4 N–H and O–H groups in total. The summed E-state index contributed by atoms with van der Waals surface area (Å²) in [7, 11) is 3.92. The third kappa shape index (κ3) is 6.13. The van der Waals surface area contributed by atoms with Crippen molar-refractivity contribution < 1.29 is 22.8 Å². The minimum Gasteiger partial charge on any atom is -0.370 e. The van der Waals surface area contributed by atoms with Crippen molar-refractivity contribution in [1.82, 2.24) is 9.80 Å². The number of halogens is 3. The lowest BCUT2D eigenvalue weighted by Crippen LogP contribution is -2.38. The van der Waals surface area contributed by atoms with E-state index in [9.17, 15) is 22.8 Å². The second-order valence-corrected chi connectivity index (χ2v) is 8.64. The average molecular weight is 476 g/mol. The molecule has 2 amide bonds. The van der Waals surface area contributed by atoms with E-state index in [0.717, 1.165) is 18.2 Å². The van der Waals surface area contributed by atoms with Crippen LogP contribution in [0, 0.1) is 0 Å². The smallest absolute Gasteiger partial charge is 0.370 e. The van der Waals surface area contributed by atoms with Gasteiger partial charge in [0.2, 0.25) is 0 Å². The topological polar surface area (TPSA) is 105 Å². The van der Waals surface area contributed by atoms with Crippen LogP contribution in [0.4, 0.5) is 13.2 Å². The highest BCUT2D eigenvalue weighted by atomic mass is 19.4. The first kappa shape index (κ1) is 25.2. The Morgan fingerprint density at radius 1 is 1.03 bits per heavy atom. The Morgan fingerprint density at radius 3 is 2.15 bits per heavy atom. The maximum Gasteiger partial charge on any atom is 0.416 e. The summed E-state index contributed by atoms with van der Waals surface area (Å²) >= 11 is 0. The fourth-order valence-electron chi connectivity index (χ4n) is 4.17. The number of piperidine rings is 1. The molecule has 10 heteroatoms. The van der Waals surface area contributed by atoms with Crippen molar-refractivity contribution >= 4 is 17.8 Å². The van der Waals surface area contributed by atoms with Gasteiger partial charge in [0.15, 0.2) is 5.96 Å². The van der Waals surface area contributed by atoms with Gasteiger partial charge >= 0.3 is 6.18 Å². The minimum absolute atomic E-state index is 0.105. The van der Waals surface area contributed by atoms with E-state index >= 15 is 0 Å². The Balaban J connectivity index is 1.73. The van der Waals surface area contributed by atoms with E-state index in [0.29, 0.717) is 31.5 Å². The van der Waals surface area contributed by atoms with Crippen LogP contribution in [-0.4, -0.2) is 54.8 Å². The number of likely N-dealkylation sites (tertiary alicyclic amines) is 1. The van der Waals surface area contributed by atoms with Crippen LogP contribution in [0.1, 0.15) is 56.2 Å². The third-order valence-corrected chi connectivity index (χ3v) is 5.76.